The third kappa shape index (κ3) is 3.08. The van der Waals surface area contributed by atoms with E-state index in [4.69, 9.17) is 0 Å². The molecule has 1 unspecified atom stereocenters. The van der Waals surface area contributed by atoms with Gasteiger partial charge in [-0.3, -0.25) is 4.79 Å². The molecule has 2 aliphatic rings. The fraction of sp³-hybridized carbons (Fsp3) is 0.588. The number of nitrogens with one attached hydrogen (secondary N) is 1. The molecule has 0 saturated carbocycles. The van der Waals surface area contributed by atoms with Gasteiger partial charge >= 0.3 is 0 Å². The number of piperazine rings is 1. The van der Waals surface area contributed by atoms with Gasteiger partial charge in [-0.2, -0.15) is 4.31 Å². The Hall–Kier alpha value is -1.44. The van der Waals surface area contributed by atoms with Gasteiger partial charge in [-0.05, 0) is 37.9 Å². The van der Waals surface area contributed by atoms with Gasteiger partial charge in [-0.1, -0.05) is 25.1 Å². The largest absolute Gasteiger partial charge is 0.338 e. The third-order valence-electron chi connectivity index (χ3n) is 5.16. The molecule has 6 nitrogen and oxygen atoms in total. The van der Waals surface area contributed by atoms with Gasteiger partial charge in [-0.15, -0.1) is 0 Å². The summed E-state index contributed by atoms with van der Waals surface area (Å²) < 4.78 is 26.8. The zero-order valence-electron chi connectivity index (χ0n) is 14.1. The number of rotatable bonds is 4. The van der Waals surface area contributed by atoms with E-state index < -0.39 is 15.6 Å². The van der Waals surface area contributed by atoms with Crippen molar-refractivity contribution < 1.29 is 13.2 Å². The van der Waals surface area contributed by atoms with Crippen molar-refractivity contribution in [2.45, 2.75) is 36.6 Å². The molecule has 24 heavy (non-hydrogen) atoms. The van der Waals surface area contributed by atoms with E-state index in [9.17, 15) is 13.2 Å². The maximum absolute atomic E-state index is 12.9. The Morgan fingerprint density at radius 2 is 1.83 bits per heavy atom. The molecule has 0 spiro atoms. The Balaban J connectivity index is 1.67. The lowest BCUT2D eigenvalue weighted by Crippen LogP contribution is -2.59. The van der Waals surface area contributed by atoms with Crippen molar-refractivity contribution in [1.29, 1.82) is 0 Å². The zero-order valence-corrected chi connectivity index (χ0v) is 14.9. The predicted octanol–water partition coefficient (Wildman–Crippen LogP) is 1.05. The molecule has 0 radical (unpaired) electrons. The molecule has 7 heteroatoms. The second-order valence-corrected chi connectivity index (χ2v) is 8.41. The summed E-state index contributed by atoms with van der Waals surface area (Å²) in [5.74, 6) is 0.124. The first-order valence-electron chi connectivity index (χ1n) is 8.59. The number of hydrogen-bond acceptors (Lipinski definition) is 4. The highest BCUT2D eigenvalue weighted by Crippen LogP contribution is 2.26. The van der Waals surface area contributed by atoms with Gasteiger partial charge in [0.1, 0.15) is 0 Å². The van der Waals surface area contributed by atoms with Crippen LogP contribution in [-0.4, -0.2) is 61.8 Å². The second kappa shape index (κ2) is 6.82. The number of carbonyl (C=O) groups is 1. The van der Waals surface area contributed by atoms with Crippen LogP contribution in [0.15, 0.2) is 35.2 Å². The summed E-state index contributed by atoms with van der Waals surface area (Å²) in [5, 5.41) is 3.36. The number of carbonyl (C=O) groups excluding carboxylic acids is 1. The van der Waals surface area contributed by atoms with Crippen LogP contribution >= 0.6 is 0 Å². The smallest absolute Gasteiger partial charge is 0.243 e. The normalized spacial score (nSPS) is 25.8. The molecule has 2 fully saturated rings. The van der Waals surface area contributed by atoms with Gasteiger partial charge < -0.3 is 10.2 Å². The highest BCUT2D eigenvalue weighted by molar-refractivity contribution is 7.89. The Kier molecular flexibility index (Phi) is 4.94. The molecule has 1 amide bonds. The predicted molar refractivity (Wildman–Crippen MR) is 92.0 cm³/mol. The fourth-order valence-corrected chi connectivity index (χ4v) is 5.06. The minimum atomic E-state index is -3.47. The monoisotopic (exact) mass is 351 g/mol. The lowest BCUT2D eigenvalue weighted by Gasteiger charge is -2.39. The quantitative estimate of drug-likeness (QED) is 0.880. The summed E-state index contributed by atoms with van der Waals surface area (Å²) in [6, 6.07) is 8.48. The molecule has 2 aliphatic heterocycles. The molecule has 1 atom stereocenters. The molecule has 0 bridgehead atoms. The molecular formula is C17H25N3O3S. The van der Waals surface area contributed by atoms with E-state index in [-0.39, 0.29) is 5.91 Å². The van der Waals surface area contributed by atoms with Crippen molar-refractivity contribution in [3.05, 3.63) is 30.3 Å². The van der Waals surface area contributed by atoms with Crippen molar-refractivity contribution in [1.82, 2.24) is 14.5 Å². The van der Waals surface area contributed by atoms with Crippen molar-refractivity contribution >= 4 is 15.9 Å². The highest BCUT2D eigenvalue weighted by atomic mass is 32.2. The Labute approximate surface area is 143 Å². The van der Waals surface area contributed by atoms with E-state index in [1.807, 2.05) is 11.8 Å². The van der Waals surface area contributed by atoms with Crippen LogP contribution in [0.1, 0.15) is 26.2 Å². The number of sulfonamides is 1. The second-order valence-electron chi connectivity index (χ2n) is 6.48. The number of amides is 1. The van der Waals surface area contributed by atoms with Gasteiger partial charge in [0.25, 0.3) is 0 Å². The van der Waals surface area contributed by atoms with Crippen molar-refractivity contribution in [3.8, 4) is 0 Å². The molecule has 2 heterocycles. The first-order valence-corrected chi connectivity index (χ1v) is 10.0. The molecular weight excluding hydrogens is 326 g/mol. The van der Waals surface area contributed by atoms with Gasteiger partial charge in [0, 0.05) is 26.2 Å². The summed E-state index contributed by atoms with van der Waals surface area (Å²) in [6.07, 6.45) is 2.65. The van der Waals surface area contributed by atoms with E-state index in [0.29, 0.717) is 31.1 Å². The van der Waals surface area contributed by atoms with E-state index >= 15 is 0 Å². The average Bonchev–Trinajstić information content (AvgIpc) is 3.12. The molecule has 1 aromatic rings. The molecule has 3 rings (SSSR count). The summed E-state index contributed by atoms with van der Waals surface area (Å²) in [4.78, 5) is 15.0. The Morgan fingerprint density at radius 1 is 1.17 bits per heavy atom. The van der Waals surface area contributed by atoms with Gasteiger partial charge in [0.2, 0.25) is 15.9 Å². The number of hydrogen-bond donors (Lipinski definition) is 1. The molecule has 1 aromatic carbocycles. The highest BCUT2D eigenvalue weighted by Gasteiger charge is 2.43. The van der Waals surface area contributed by atoms with Gasteiger partial charge in [0.15, 0.2) is 0 Å². The first kappa shape index (κ1) is 17.4. The maximum atomic E-state index is 12.9. The summed E-state index contributed by atoms with van der Waals surface area (Å²) in [5.41, 5.74) is -0.444. The van der Waals surface area contributed by atoms with E-state index in [2.05, 4.69) is 5.32 Å². The van der Waals surface area contributed by atoms with Crippen LogP contribution in [0.5, 0.6) is 0 Å². The summed E-state index contributed by atoms with van der Waals surface area (Å²) >= 11 is 0. The lowest BCUT2D eigenvalue weighted by atomic mass is 9.92. The Morgan fingerprint density at radius 3 is 2.38 bits per heavy atom. The fourth-order valence-electron chi connectivity index (χ4n) is 3.62. The average molecular weight is 351 g/mol. The van der Waals surface area contributed by atoms with Crippen molar-refractivity contribution in [2.24, 2.45) is 0 Å². The topological polar surface area (TPSA) is 69.7 Å². The molecule has 0 aromatic heterocycles. The van der Waals surface area contributed by atoms with E-state index in [0.717, 1.165) is 25.8 Å². The third-order valence-corrected chi connectivity index (χ3v) is 7.08. The van der Waals surface area contributed by atoms with Crippen LogP contribution in [0.4, 0.5) is 0 Å². The number of nitrogens with zero attached hydrogens (tertiary/aromatic N) is 2. The van der Waals surface area contributed by atoms with Crippen LogP contribution in [0, 0.1) is 0 Å². The van der Waals surface area contributed by atoms with Crippen LogP contribution in [0.25, 0.3) is 0 Å². The summed E-state index contributed by atoms with van der Waals surface area (Å²) in [7, 11) is -3.47. The van der Waals surface area contributed by atoms with Crippen molar-refractivity contribution in [3.63, 3.8) is 0 Å². The SMILES string of the molecule is CCC1(C(=O)N2CCN(S(=O)(=O)c3ccccc3)CC2)CCCN1. The maximum Gasteiger partial charge on any atom is 0.243 e. The van der Waals surface area contributed by atoms with Crippen LogP contribution < -0.4 is 5.32 Å². The first-order chi connectivity index (χ1) is 11.5. The standard InChI is InChI=1S/C17H25N3O3S/c1-2-17(9-6-10-18-17)16(21)19-11-13-20(14-12-19)24(22,23)15-7-4-3-5-8-15/h3-5,7-8,18H,2,6,9-14H2,1H3. The van der Waals surface area contributed by atoms with Crippen molar-refractivity contribution in [2.75, 3.05) is 32.7 Å². The zero-order chi connectivity index (χ0) is 17.2. The van der Waals surface area contributed by atoms with Crippen LogP contribution in [0.3, 0.4) is 0 Å². The van der Waals surface area contributed by atoms with Crippen LogP contribution in [-0.2, 0) is 14.8 Å². The van der Waals surface area contributed by atoms with Gasteiger partial charge in [-0.25, -0.2) is 8.42 Å². The molecule has 0 aliphatic carbocycles. The van der Waals surface area contributed by atoms with E-state index in [1.165, 1.54) is 4.31 Å². The minimum Gasteiger partial charge on any atom is -0.338 e. The Bertz CT molecular complexity index is 676. The number of benzene rings is 1. The molecule has 1 N–H and O–H groups in total. The van der Waals surface area contributed by atoms with Crippen LogP contribution in [0.2, 0.25) is 0 Å². The molecule has 2 saturated heterocycles. The van der Waals surface area contributed by atoms with Gasteiger partial charge in [0.05, 0.1) is 10.4 Å². The minimum absolute atomic E-state index is 0.124. The van der Waals surface area contributed by atoms with E-state index in [1.54, 1.807) is 30.3 Å². The molecule has 132 valence electrons. The summed E-state index contributed by atoms with van der Waals surface area (Å²) in [6.45, 7) is 4.52. The lowest BCUT2D eigenvalue weighted by molar-refractivity contribution is -0.139.